The van der Waals surface area contributed by atoms with E-state index < -0.39 is 0 Å². The number of thioether (sulfide) groups is 1. The van der Waals surface area contributed by atoms with Crippen molar-refractivity contribution in [2.45, 2.75) is 24.9 Å². The van der Waals surface area contributed by atoms with Crippen LogP contribution < -0.4 is 0 Å². The first kappa shape index (κ1) is 8.87. The molecule has 0 atom stereocenters. The van der Waals surface area contributed by atoms with Crippen LogP contribution in [-0.4, -0.2) is 20.4 Å². The van der Waals surface area contributed by atoms with E-state index in [1.165, 1.54) is 0 Å². The second-order valence-electron chi connectivity index (χ2n) is 2.41. The Balaban J connectivity index is 2.39. The van der Waals surface area contributed by atoms with Crippen molar-refractivity contribution in [1.29, 1.82) is 0 Å². The molecule has 5 heteroatoms. The number of hydrogen-bond acceptors (Lipinski definition) is 3. The van der Waals surface area contributed by atoms with Gasteiger partial charge >= 0.3 is 0 Å². The van der Waals surface area contributed by atoms with Crippen LogP contribution in [0.15, 0.2) is 0 Å². The van der Waals surface area contributed by atoms with E-state index in [0.717, 1.165) is 11.6 Å². The fourth-order valence-electron chi connectivity index (χ4n) is 0.582. The van der Waals surface area contributed by atoms with Gasteiger partial charge in [-0.1, -0.05) is 13.8 Å². The van der Waals surface area contributed by atoms with Crippen molar-refractivity contribution in [3.63, 3.8) is 0 Å². The molecule has 0 spiro atoms. The highest BCUT2D eigenvalue weighted by molar-refractivity contribution is 7.99. The lowest BCUT2D eigenvalue weighted by Gasteiger charge is -1.99. The zero-order valence-corrected chi connectivity index (χ0v) is 8.04. The minimum absolute atomic E-state index is 0.296. The monoisotopic (exact) mass is 191 g/mol. The van der Waals surface area contributed by atoms with Crippen LogP contribution in [0.5, 0.6) is 0 Å². The molecule has 0 aliphatic carbocycles. The van der Waals surface area contributed by atoms with Gasteiger partial charge in [0.25, 0.3) is 0 Å². The normalized spacial score (nSPS) is 10.9. The highest BCUT2D eigenvalue weighted by Gasteiger charge is 2.01. The highest BCUT2D eigenvalue weighted by atomic mass is 35.5. The number of nitrogens with one attached hydrogen (secondary N) is 1. The Morgan fingerprint density at radius 3 is 2.82 bits per heavy atom. The third kappa shape index (κ3) is 3.12. The molecule has 62 valence electrons. The van der Waals surface area contributed by atoms with Gasteiger partial charge in [-0.05, 0) is 16.9 Å². The summed E-state index contributed by atoms with van der Waals surface area (Å²) in [5.74, 6) is 1.69. The Hall–Kier alpha value is -0.220. The topological polar surface area (TPSA) is 41.6 Å². The van der Waals surface area contributed by atoms with Gasteiger partial charge in [0, 0.05) is 0 Å². The first-order valence-electron chi connectivity index (χ1n) is 3.37. The van der Waals surface area contributed by atoms with Gasteiger partial charge in [-0.2, -0.15) is 11.8 Å². The van der Waals surface area contributed by atoms with Crippen molar-refractivity contribution in [3.05, 3.63) is 11.1 Å². The van der Waals surface area contributed by atoms with Gasteiger partial charge in [-0.3, -0.25) is 5.10 Å². The lowest BCUT2D eigenvalue weighted by atomic mass is 10.6. The number of aromatic nitrogens is 3. The van der Waals surface area contributed by atoms with E-state index in [1.54, 1.807) is 11.8 Å². The molecule has 1 aromatic rings. The Labute approximate surface area is 74.9 Å². The summed E-state index contributed by atoms with van der Waals surface area (Å²) >= 11 is 7.32. The van der Waals surface area contributed by atoms with Crippen LogP contribution >= 0.6 is 23.4 Å². The number of rotatable bonds is 3. The first-order valence-corrected chi connectivity index (χ1v) is 4.79. The average Bonchev–Trinajstić information content (AvgIpc) is 2.31. The van der Waals surface area contributed by atoms with E-state index in [2.05, 4.69) is 29.0 Å². The van der Waals surface area contributed by atoms with Crippen LogP contribution in [-0.2, 0) is 5.75 Å². The van der Waals surface area contributed by atoms with Crippen LogP contribution in [0.4, 0.5) is 0 Å². The summed E-state index contributed by atoms with van der Waals surface area (Å²) in [5.41, 5.74) is 0. The Bertz CT molecular complexity index is 223. The molecule has 0 radical (unpaired) electrons. The highest BCUT2D eigenvalue weighted by Crippen LogP contribution is 2.14. The molecule has 1 aromatic heterocycles. The molecule has 0 aliphatic heterocycles. The second-order valence-corrected chi connectivity index (χ2v) is 4.31. The van der Waals surface area contributed by atoms with E-state index in [0.29, 0.717) is 10.5 Å². The predicted octanol–water partition coefficient (Wildman–Crippen LogP) is 2.10. The van der Waals surface area contributed by atoms with Crippen molar-refractivity contribution in [2.24, 2.45) is 0 Å². The third-order valence-corrected chi connectivity index (χ3v) is 2.33. The van der Waals surface area contributed by atoms with Gasteiger partial charge in [-0.15, -0.1) is 5.10 Å². The standard InChI is InChI=1S/C6H10ClN3S/c1-4(2)11-3-5-8-6(7)10-9-5/h4H,3H2,1-2H3,(H,8,9,10). The van der Waals surface area contributed by atoms with Gasteiger partial charge in [0.2, 0.25) is 5.28 Å². The lowest BCUT2D eigenvalue weighted by Crippen LogP contribution is -1.90. The number of H-pyrrole nitrogens is 1. The molecule has 0 unspecified atom stereocenters. The smallest absolute Gasteiger partial charge is 0.242 e. The Morgan fingerprint density at radius 2 is 2.36 bits per heavy atom. The van der Waals surface area contributed by atoms with E-state index in [9.17, 15) is 0 Å². The van der Waals surface area contributed by atoms with E-state index in [-0.39, 0.29) is 0 Å². The fraction of sp³-hybridized carbons (Fsp3) is 0.667. The van der Waals surface area contributed by atoms with E-state index >= 15 is 0 Å². The zero-order valence-electron chi connectivity index (χ0n) is 6.47. The molecular formula is C6H10ClN3S. The number of nitrogens with zero attached hydrogens (tertiary/aromatic N) is 2. The van der Waals surface area contributed by atoms with Crippen molar-refractivity contribution < 1.29 is 0 Å². The molecule has 0 bridgehead atoms. The first-order chi connectivity index (χ1) is 5.18. The maximum atomic E-state index is 5.51. The molecule has 11 heavy (non-hydrogen) atoms. The van der Waals surface area contributed by atoms with Crippen molar-refractivity contribution in [3.8, 4) is 0 Å². The molecule has 0 fully saturated rings. The molecule has 0 amide bonds. The Kier molecular flexibility index (Phi) is 3.20. The molecule has 0 aliphatic rings. The van der Waals surface area contributed by atoms with Gasteiger partial charge in [0.1, 0.15) is 5.82 Å². The summed E-state index contributed by atoms with van der Waals surface area (Å²) in [6.45, 7) is 4.28. The summed E-state index contributed by atoms with van der Waals surface area (Å²) < 4.78 is 0. The molecule has 0 saturated heterocycles. The van der Waals surface area contributed by atoms with Gasteiger partial charge in [-0.25, -0.2) is 4.98 Å². The molecule has 1 N–H and O–H groups in total. The van der Waals surface area contributed by atoms with Crippen LogP contribution in [0.2, 0.25) is 5.28 Å². The zero-order chi connectivity index (χ0) is 8.27. The second kappa shape index (κ2) is 3.97. The van der Waals surface area contributed by atoms with Gasteiger partial charge in [0.05, 0.1) is 5.75 Å². The Morgan fingerprint density at radius 1 is 1.64 bits per heavy atom. The summed E-state index contributed by atoms with van der Waals surface area (Å²) in [4.78, 5) is 3.96. The van der Waals surface area contributed by atoms with Crippen LogP contribution in [0.25, 0.3) is 0 Å². The molecule has 1 heterocycles. The molecule has 3 nitrogen and oxygen atoms in total. The van der Waals surface area contributed by atoms with Crippen LogP contribution in [0, 0.1) is 0 Å². The molecule has 1 rings (SSSR count). The lowest BCUT2D eigenvalue weighted by molar-refractivity contribution is 1.02. The van der Waals surface area contributed by atoms with Gasteiger partial charge < -0.3 is 0 Å². The molecule has 0 aromatic carbocycles. The molecule has 0 saturated carbocycles. The van der Waals surface area contributed by atoms with Gasteiger partial charge in [0.15, 0.2) is 0 Å². The maximum Gasteiger partial charge on any atom is 0.242 e. The number of halogens is 1. The van der Waals surface area contributed by atoms with Crippen molar-refractivity contribution in [1.82, 2.24) is 15.2 Å². The molecular weight excluding hydrogens is 182 g/mol. The average molecular weight is 192 g/mol. The largest absolute Gasteiger partial charge is 0.261 e. The summed E-state index contributed by atoms with van der Waals surface area (Å²) in [6.07, 6.45) is 0. The third-order valence-electron chi connectivity index (χ3n) is 1.06. The number of hydrogen-bond donors (Lipinski definition) is 1. The summed E-state index contributed by atoms with van der Waals surface area (Å²) in [6, 6.07) is 0. The minimum Gasteiger partial charge on any atom is -0.261 e. The number of aromatic amines is 1. The van der Waals surface area contributed by atoms with Crippen LogP contribution in [0.1, 0.15) is 19.7 Å². The SMILES string of the molecule is CC(C)SCc1nc(Cl)n[nH]1. The maximum absolute atomic E-state index is 5.51. The summed E-state index contributed by atoms with van der Waals surface area (Å²) in [5, 5.41) is 7.36. The predicted molar refractivity (Wildman–Crippen MR) is 47.8 cm³/mol. The van der Waals surface area contributed by atoms with Crippen molar-refractivity contribution >= 4 is 23.4 Å². The van der Waals surface area contributed by atoms with Crippen LogP contribution in [0.3, 0.4) is 0 Å². The minimum atomic E-state index is 0.296. The fourth-order valence-corrected chi connectivity index (χ4v) is 1.35. The van der Waals surface area contributed by atoms with E-state index in [1.807, 2.05) is 0 Å². The van der Waals surface area contributed by atoms with E-state index in [4.69, 9.17) is 11.6 Å². The van der Waals surface area contributed by atoms with Crippen molar-refractivity contribution in [2.75, 3.05) is 0 Å². The summed E-state index contributed by atoms with van der Waals surface area (Å²) in [7, 11) is 0. The quantitative estimate of drug-likeness (QED) is 0.796.